The molecule has 20 heavy (non-hydrogen) atoms. The van der Waals surface area contributed by atoms with Gasteiger partial charge in [-0.25, -0.2) is 15.8 Å². The molecule has 2 aromatic heterocycles. The van der Waals surface area contributed by atoms with Gasteiger partial charge in [0.15, 0.2) is 5.82 Å². The summed E-state index contributed by atoms with van der Waals surface area (Å²) in [5, 5.41) is 6.91. The van der Waals surface area contributed by atoms with Crippen molar-refractivity contribution in [3.05, 3.63) is 23.6 Å². The van der Waals surface area contributed by atoms with Crippen molar-refractivity contribution in [1.29, 1.82) is 0 Å². The maximum atomic E-state index is 5.51. The van der Waals surface area contributed by atoms with Crippen molar-refractivity contribution in [3.8, 4) is 0 Å². The van der Waals surface area contributed by atoms with Crippen LogP contribution in [-0.4, -0.2) is 20.1 Å². The van der Waals surface area contributed by atoms with E-state index in [1.165, 1.54) is 6.39 Å². The summed E-state index contributed by atoms with van der Waals surface area (Å²) in [4.78, 5) is 12.9. The Hall–Kier alpha value is -2.22. The summed E-state index contributed by atoms with van der Waals surface area (Å²) in [6.07, 6.45) is 1.29. The lowest BCUT2D eigenvalue weighted by Crippen LogP contribution is -2.21. The van der Waals surface area contributed by atoms with Crippen LogP contribution in [0.3, 0.4) is 0 Å². The van der Waals surface area contributed by atoms with Gasteiger partial charge in [-0.05, 0) is 6.92 Å². The third-order valence-corrected chi connectivity index (χ3v) is 2.77. The van der Waals surface area contributed by atoms with Gasteiger partial charge in [-0.15, -0.1) is 0 Å². The van der Waals surface area contributed by atoms with Gasteiger partial charge in [-0.1, -0.05) is 25.9 Å². The third kappa shape index (κ3) is 3.02. The predicted octanol–water partition coefficient (Wildman–Crippen LogP) is 1.36. The normalized spacial score (nSPS) is 11.4. The Morgan fingerprint density at radius 1 is 1.25 bits per heavy atom. The first-order valence-electron chi connectivity index (χ1n) is 6.26. The Bertz CT molecular complexity index is 574. The standard InChI is InChI=1S/C12H19N7O/c1-7-9(14-5-8-15-6-20-19-8)16-11(12(2,3)4)17-10(7)18-13/h6H,5,13H2,1-4H3,(H2,14,16,17,18). The second-order valence-corrected chi connectivity index (χ2v) is 5.46. The first-order valence-corrected chi connectivity index (χ1v) is 6.26. The summed E-state index contributed by atoms with van der Waals surface area (Å²) in [6.45, 7) is 8.44. The minimum absolute atomic E-state index is 0.179. The molecule has 0 radical (unpaired) electrons. The largest absolute Gasteiger partial charge is 0.362 e. The van der Waals surface area contributed by atoms with E-state index in [1.54, 1.807) is 0 Å². The number of nitrogens with one attached hydrogen (secondary N) is 2. The van der Waals surface area contributed by atoms with Gasteiger partial charge in [0.05, 0.1) is 6.54 Å². The summed E-state index contributed by atoms with van der Waals surface area (Å²) in [5.74, 6) is 8.07. The molecule has 0 saturated carbocycles. The zero-order chi connectivity index (χ0) is 14.8. The van der Waals surface area contributed by atoms with E-state index in [0.717, 1.165) is 5.56 Å². The zero-order valence-electron chi connectivity index (χ0n) is 12.1. The highest BCUT2D eigenvalue weighted by Crippen LogP contribution is 2.25. The number of hydrogen-bond acceptors (Lipinski definition) is 8. The van der Waals surface area contributed by atoms with Gasteiger partial charge in [0, 0.05) is 11.0 Å². The monoisotopic (exact) mass is 277 g/mol. The van der Waals surface area contributed by atoms with Crippen LogP contribution in [0.4, 0.5) is 11.6 Å². The average Bonchev–Trinajstić information content (AvgIpc) is 2.89. The lowest BCUT2D eigenvalue weighted by Gasteiger charge is -2.20. The van der Waals surface area contributed by atoms with Crippen molar-refractivity contribution in [2.75, 3.05) is 10.7 Å². The van der Waals surface area contributed by atoms with E-state index in [-0.39, 0.29) is 5.41 Å². The second kappa shape index (κ2) is 5.41. The molecule has 0 bridgehead atoms. The van der Waals surface area contributed by atoms with Crippen molar-refractivity contribution >= 4 is 11.6 Å². The fraction of sp³-hybridized carbons (Fsp3) is 0.500. The summed E-state index contributed by atoms with van der Waals surface area (Å²) < 4.78 is 4.69. The van der Waals surface area contributed by atoms with Crippen molar-refractivity contribution in [2.24, 2.45) is 5.84 Å². The maximum absolute atomic E-state index is 5.51. The van der Waals surface area contributed by atoms with Crippen molar-refractivity contribution < 1.29 is 4.52 Å². The molecule has 4 N–H and O–H groups in total. The molecule has 0 aliphatic rings. The highest BCUT2D eigenvalue weighted by Gasteiger charge is 2.21. The first kappa shape index (κ1) is 14.2. The molecule has 0 saturated heterocycles. The summed E-state index contributed by atoms with van der Waals surface area (Å²) in [6, 6.07) is 0. The van der Waals surface area contributed by atoms with Crippen LogP contribution in [-0.2, 0) is 12.0 Å². The van der Waals surface area contributed by atoms with E-state index < -0.39 is 0 Å². The Morgan fingerprint density at radius 2 is 1.95 bits per heavy atom. The minimum Gasteiger partial charge on any atom is -0.362 e. The number of hydrazine groups is 1. The summed E-state index contributed by atoms with van der Waals surface area (Å²) >= 11 is 0. The highest BCUT2D eigenvalue weighted by atomic mass is 16.5. The Morgan fingerprint density at radius 3 is 2.50 bits per heavy atom. The molecule has 2 rings (SSSR count). The number of anilines is 2. The SMILES string of the molecule is Cc1c(NN)nc(C(C)(C)C)nc1NCc1ncon1. The van der Waals surface area contributed by atoms with Crippen LogP contribution < -0.4 is 16.6 Å². The van der Waals surface area contributed by atoms with Gasteiger partial charge in [0.2, 0.25) is 6.39 Å². The van der Waals surface area contributed by atoms with Gasteiger partial charge in [0.1, 0.15) is 17.5 Å². The van der Waals surface area contributed by atoms with Crippen molar-refractivity contribution in [1.82, 2.24) is 20.1 Å². The van der Waals surface area contributed by atoms with E-state index >= 15 is 0 Å². The van der Waals surface area contributed by atoms with E-state index in [1.807, 2.05) is 27.7 Å². The molecule has 8 heteroatoms. The van der Waals surface area contributed by atoms with Crippen LogP contribution in [0.25, 0.3) is 0 Å². The molecule has 8 nitrogen and oxygen atoms in total. The number of hydrogen-bond donors (Lipinski definition) is 3. The number of rotatable bonds is 4. The smallest absolute Gasteiger partial charge is 0.213 e. The lowest BCUT2D eigenvalue weighted by molar-refractivity contribution is 0.411. The van der Waals surface area contributed by atoms with E-state index in [4.69, 9.17) is 5.84 Å². The van der Waals surface area contributed by atoms with Crippen LogP contribution in [0.1, 0.15) is 38.0 Å². The quantitative estimate of drug-likeness (QED) is 0.567. The maximum Gasteiger partial charge on any atom is 0.213 e. The molecule has 0 aliphatic carbocycles. The molecule has 0 aliphatic heterocycles. The molecule has 0 amide bonds. The van der Waals surface area contributed by atoms with Gasteiger partial charge < -0.3 is 15.3 Å². The van der Waals surface area contributed by atoms with Gasteiger partial charge in [0.25, 0.3) is 0 Å². The van der Waals surface area contributed by atoms with Gasteiger partial charge in [-0.3, -0.25) is 0 Å². The predicted molar refractivity (Wildman–Crippen MR) is 74.9 cm³/mol. The molecule has 108 valence electrons. The number of aromatic nitrogens is 4. The number of nitrogens with zero attached hydrogens (tertiary/aromatic N) is 4. The molecule has 2 aromatic rings. The molecule has 0 atom stereocenters. The van der Waals surface area contributed by atoms with Gasteiger partial charge in [-0.2, -0.15) is 4.98 Å². The van der Waals surface area contributed by atoms with Crippen LogP contribution in [0, 0.1) is 6.92 Å². The molecule has 2 heterocycles. The first-order chi connectivity index (χ1) is 9.41. The molecule has 0 spiro atoms. The van der Waals surface area contributed by atoms with E-state index in [2.05, 4.69) is 35.4 Å². The zero-order valence-corrected chi connectivity index (χ0v) is 12.1. The molecular formula is C12H19N7O. The average molecular weight is 277 g/mol. The molecule has 0 fully saturated rings. The van der Waals surface area contributed by atoms with Crippen LogP contribution >= 0.6 is 0 Å². The van der Waals surface area contributed by atoms with E-state index in [9.17, 15) is 0 Å². The van der Waals surface area contributed by atoms with Crippen LogP contribution in [0.5, 0.6) is 0 Å². The molecular weight excluding hydrogens is 258 g/mol. The lowest BCUT2D eigenvalue weighted by atomic mass is 9.95. The van der Waals surface area contributed by atoms with Gasteiger partial charge >= 0.3 is 0 Å². The Labute approximate surface area is 117 Å². The van der Waals surface area contributed by atoms with Crippen LogP contribution in [0.15, 0.2) is 10.9 Å². The number of nitrogen functional groups attached to an aromatic ring is 1. The second-order valence-electron chi connectivity index (χ2n) is 5.46. The Kier molecular flexibility index (Phi) is 3.84. The van der Waals surface area contributed by atoms with Crippen LogP contribution in [0.2, 0.25) is 0 Å². The third-order valence-electron chi connectivity index (χ3n) is 2.77. The number of nitrogens with two attached hydrogens (primary N) is 1. The topological polar surface area (TPSA) is 115 Å². The summed E-state index contributed by atoms with van der Waals surface area (Å²) in [7, 11) is 0. The molecule has 0 aromatic carbocycles. The van der Waals surface area contributed by atoms with E-state index in [0.29, 0.717) is 29.8 Å². The Balaban J connectivity index is 2.30. The molecule has 0 unspecified atom stereocenters. The fourth-order valence-corrected chi connectivity index (χ4v) is 1.60. The summed E-state index contributed by atoms with van der Waals surface area (Å²) in [5.41, 5.74) is 3.26. The fourth-order valence-electron chi connectivity index (χ4n) is 1.60. The van der Waals surface area contributed by atoms with Crippen molar-refractivity contribution in [3.63, 3.8) is 0 Å². The highest BCUT2D eigenvalue weighted by molar-refractivity contribution is 5.57. The van der Waals surface area contributed by atoms with Crippen molar-refractivity contribution in [2.45, 2.75) is 39.7 Å². The minimum atomic E-state index is -0.179.